The molecule has 0 amide bonds. The van der Waals surface area contributed by atoms with Gasteiger partial charge in [0.2, 0.25) is 5.13 Å². The summed E-state index contributed by atoms with van der Waals surface area (Å²) in [5.41, 5.74) is 2.94. The third kappa shape index (κ3) is 2.67. The zero-order chi connectivity index (χ0) is 13.9. The Balaban J connectivity index is 1.82. The highest BCUT2D eigenvalue weighted by Crippen LogP contribution is 2.29. The Morgan fingerprint density at radius 3 is 2.40 bits per heavy atom. The summed E-state index contributed by atoms with van der Waals surface area (Å²) >= 11 is 1.54. The van der Waals surface area contributed by atoms with Gasteiger partial charge in [-0.2, -0.15) is 0 Å². The average molecular weight is 282 g/mol. The van der Waals surface area contributed by atoms with Crippen LogP contribution in [0.2, 0.25) is 0 Å². The highest BCUT2D eigenvalue weighted by atomic mass is 32.1. The second-order valence-electron chi connectivity index (χ2n) is 4.57. The number of rotatable bonds is 3. The SMILES string of the molecule is CN(C)c1ccc(/N=N/c2nc3ccccc3s2)cc1. The summed E-state index contributed by atoms with van der Waals surface area (Å²) < 4.78 is 1.13. The van der Waals surface area contributed by atoms with Gasteiger partial charge in [0.15, 0.2) is 0 Å². The molecule has 0 aliphatic heterocycles. The van der Waals surface area contributed by atoms with E-state index in [1.54, 1.807) is 11.3 Å². The number of para-hydroxylation sites is 1. The van der Waals surface area contributed by atoms with Gasteiger partial charge < -0.3 is 4.90 Å². The molecular formula is C15H14N4S. The van der Waals surface area contributed by atoms with Crippen LogP contribution in [0.1, 0.15) is 0 Å². The van der Waals surface area contributed by atoms with Gasteiger partial charge in [-0.25, -0.2) is 4.98 Å². The topological polar surface area (TPSA) is 40.9 Å². The number of hydrogen-bond donors (Lipinski definition) is 0. The van der Waals surface area contributed by atoms with Crippen molar-refractivity contribution in [1.29, 1.82) is 0 Å². The summed E-state index contributed by atoms with van der Waals surface area (Å²) in [5.74, 6) is 0. The van der Waals surface area contributed by atoms with Crippen molar-refractivity contribution >= 4 is 38.1 Å². The molecule has 4 nitrogen and oxygen atoms in total. The van der Waals surface area contributed by atoms with Crippen molar-refractivity contribution in [2.45, 2.75) is 0 Å². The summed E-state index contributed by atoms with van der Waals surface area (Å²) in [5, 5.41) is 9.12. The van der Waals surface area contributed by atoms with Gasteiger partial charge >= 0.3 is 0 Å². The summed E-state index contributed by atoms with van der Waals surface area (Å²) in [6.07, 6.45) is 0. The summed E-state index contributed by atoms with van der Waals surface area (Å²) in [6.45, 7) is 0. The number of aromatic nitrogens is 1. The maximum atomic E-state index is 4.42. The molecule has 0 aliphatic carbocycles. The standard InChI is InChI=1S/C15H14N4S/c1-19(2)12-9-7-11(8-10-12)17-18-15-16-13-5-3-4-6-14(13)20-15/h3-10H,1-2H3/b18-17+. The monoisotopic (exact) mass is 282 g/mol. The first-order valence-electron chi connectivity index (χ1n) is 6.27. The Labute approximate surface area is 121 Å². The molecule has 3 aromatic rings. The fourth-order valence-electron chi connectivity index (χ4n) is 1.82. The summed E-state index contributed by atoms with van der Waals surface area (Å²) in [7, 11) is 4.02. The Hall–Kier alpha value is -2.27. The molecule has 0 radical (unpaired) electrons. The molecule has 1 aromatic heterocycles. The Kier molecular flexibility index (Phi) is 3.43. The zero-order valence-corrected chi connectivity index (χ0v) is 12.1. The van der Waals surface area contributed by atoms with E-state index in [2.05, 4.69) is 20.1 Å². The molecule has 0 fully saturated rings. The van der Waals surface area contributed by atoms with Gasteiger partial charge in [0, 0.05) is 19.8 Å². The van der Waals surface area contributed by atoms with Crippen LogP contribution in [0.5, 0.6) is 0 Å². The van der Waals surface area contributed by atoms with E-state index in [1.807, 2.05) is 62.6 Å². The van der Waals surface area contributed by atoms with Gasteiger partial charge in [0.1, 0.15) is 0 Å². The molecule has 1 heterocycles. The smallest absolute Gasteiger partial charge is 0.231 e. The molecule has 20 heavy (non-hydrogen) atoms. The minimum Gasteiger partial charge on any atom is -0.378 e. The van der Waals surface area contributed by atoms with E-state index in [4.69, 9.17) is 0 Å². The first-order valence-corrected chi connectivity index (χ1v) is 7.09. The predicted molar refractivity (Wildman–Crippen MR) is 84.6 cm³/mol. The molecule has 2 aromatic carbocycles. The van der Waals surface area contributed by atoms with E-state index in [9.17, 15) is 0 Å². The van der Waals surface area contributed by atoms with E-state index >= 15 is 0 Å². The third-order valence-electron chi connectivity index (χ3n) is 2.90. The van der Waals surface area contributed by atoms with Gasteiger partial charge in [-0.05, 0) is 36.4 Å². The largest absolute Gasteiger partial charge is 0.378 e. The van der Waals surface area contributed by atoms with Crippen LogP contribution in [0.4, 0.5) is 16.5 Å². The maximum Gasteiger partial charge on any atom is 0.231 e. The van der Waals surface area contributed by atoms with Gasteiger partial charge in [-0.1, -0.05) is 23.5 Å². The number of anilines is 1. The Morgan fingerprint density at radius 2 is 1.70 bits per heavy atom. The van der Waals surface area contributed by atoms with Gasteiger partial charge in [0.05, 0.1) is 15.9 Å². The fraction of sp³-hybridized carbons (Fsp3) is 0.133. The highest BCUT2D eigenvalue weighted by Gasteiger charge is 2.01. The van der Waals surface area contributed by atoms with E-state index in [0.29, 0.717) is 5.13 Å². The van der Waals surface area contributed by atoms with Crippen LogP contribution in [0.3, 0.4) is 0 Å². The van der Waals surface area contributed by atoms with Crippen LogP contribution >= 0.6 is 11.3 Å². The highest BCUT2D eigenvalue weighted by molar-refractivity contribution is 7.21. The van der Waals surface area contributed by atoms with Gasteiger partial charge in [-0.15, -0.1) is 10.2 Å². The summed E-state index contributed by atoms with van der Waals surface area (Å²) in [6, 6.07) is 15.9. The molecule has 0 N–H and O–H groups in total. The lowest BCUT2D eigenvalue weighted by molar-refractivity contribution is 1.13. The van der Waals surface area contributed by atoms with E-state index in [0.717, 1.165) is 21.6 Å². The minimum absolute atomic E-state index is 0.683. The van der Waals surface area contributed by atoms with E-state index < -0.39 is 0 Å². The lowest BCUT2D eigenvalue weighted by atomic mass is 10.3. The number of fused-ring (bicyclic) bond motifs is 1. The van der Waals surface area contributed by atoms with Crippen LogP contribution in [0.15, 0.2) is 58.8 Å². The summed E-state index contributed by atoms with van der Waals surface area (Å²) in [4.78, 5) is 6.47. The van der Waals surface area contributed by atoms with Crippen LogP contribution in [0.25, 0.3) is 10.2 Å². The second-order valence-corrected chi connectivity index (χ2v) is 5.58. The lowest BCUT2D eigenvalue weighted by Gasteiger charge is -2.11. The number of thiazole rings is 1. The molecule has 0 saturated heterocycles. The number of nitrogens with zero attached hydrogens (tertiary/aromatic N) is 4. The fourth-order valence-corrected chi connectivity index (χ4v) is 2.61. The molecule has 0 spiro atoms. The van der Waals surface area contributed by atoms with Crippen molar-refractivity contribution in [1.82, 2.24) is 4.98 Å². The normalized spacial score (nSPS) is 11.3. The first kappa shape index (κ1) is 12.7. The lowest BCUT2D eigenvalue weighted by Crippen LogP contribution is -2.07. The van der Waals surface area contributed by atoms with E-state index in [-0.39, 0.29) is 0 Å². The van der Waals surface area contributed by atoms with E-state index in [1.165, 1.54) is 0 Å². The Morgan fingerprint density at radius 1 is 0.950 bits per heavy atom. The molecule has 100 valence electrons. The van der Waals surface area contributed by atoms with Crippen LogP contribution in [-0.2, 0) is 0 Å². The quantitative estimate of drug-likeness (QED) is 0.649. The minimum atomic E-state index is 0.683. The zero-order valence-electron chi connectivity index (χ0n) is 11.3. The van der Waals surface area contributed by atoms with Crippen molar-refractivity contribution in [3.8, 4) is 0 Å². The van der Waals surface area contributed by atoms with Crippen molar-refractivity contribution in [2.24, 2.45) is 10.2 Å². The van der Waals surface area contributed by atoms with Crippen molar-refractivity contribution in [2.75, 3.05) is 19.0 Å². The van der Waals surface area contributed by atoms with Crippen molar-refractivity contribution in [3.05, 3.63) is 48.5 Å². The van der Waals surface area contributed by atoms with Crippen LogP contribution in [-0.4, -0.2) is 19.1 Å². The molecular weight excluding hydrogens is 268 g/mol. The molecule has 0 aliphatic rings. The number of hydrogen-bond acceptors (Lipinski definition) is 5. The molecule has 3 rings (SSSR count). The molecule has 0 atom stereocenters. The molecule has 0 bridgehead atoms. The van der Waals surface area contributed by atoms with Crippen LogP contribution < -0.4 is 4.90 Å². The molecule has 0 saturated carbocycles. The van der Waals surface area contributed by atoms with Crippen molar-refractivity contribution in [3.63, 3.8) is 0 Å². The number of azo groups is 1. The maximum absolute atomic E-state index is 4.42. The van der Waals surface area contributed by atoms with Crippen molar-refractivity contribution < 1.29 is 0 Å². The van der Waals surface area contributed by atoms with Crippen LogP contribution in [0, 0.1) is 0 Å². The molecule has 5 heteroatoms. The molecule has 0 unspecified atom stereocenters. The third-order valence-corrected chi connectivity index (χ3v) is 3.82. The average Bonchev–Trinajstić information content (AvgIpc) is 2.88. The first-order chi connectivity index (χ1) is 9.72. The van der Waals surface area contributed by atoms with Gasteiger partial charge in [-0.3, -0.25) is 0 Å². The Bertz CT molecular complexity index is 711. The van der Waals surface area contributed by atoms with Gasteiger partial charge in [0.25, 0.3) is 0 Å². The number of benzene rings is 2. The second kappa shape index (κ2) is 5.38. The predicted octanol–water partition coefficient (Wildman–Crippen LogP) is 4.78.